The minimum Gasteiger partial charge on any atom is -0.464 e. The van der Waals surface area contributed by atoms with Gasteiger partial charge in [-0.05, 0) is 13.3 Å². The first-order valence-electron chi connectivity index (χ1n) is 6.20. The van der Waals surface area contributed by atoms with E-state index in [-0.39, 0.29) is 12.6 Å². The van der Waals surface area contributed by atoms with Gasteiger partial charge in [-0.15, -0.1) is 0 Å². The van der Waals surface area contributed by atoms with Gasteiger partial charge >= 0.3 is 5.97 Å². The van der Waals surface area contributed by atoms with Crippen LogP contribution in [0.15, 0.2) is 0 Å². The van der Waals surface area contributed by atoms with Crippen molar-refractivity contribution in [3.05, 3.63) is 0 Å². The molecule has 0 aromatic rings. The highest BCUT2D eigenvalue weighted by Gasteiger charge is 2.00. The van der Waals surface area contributed by atoms with Crippen LogP contribution in [-0.4, -0.2) is 52.2 Å². The molecule has 0 aliphatic heterocycles. The van der Waals surface area contributed by atoms with Crippen LogP contribution in [0.25, 0.3) is 0 Å². The molecule has 0 saturated carbocycles. The van der Waals surface area contributed by atoms with Crippen LogP contribution in [0.1, 0.15) is 26.7 Å². The van der Waals surface area contributed by atoms with Gasteiger partial charge < -0.3 is 18.9 Å². The quantitative estimate of drug-likeness (QED) is 0.386. The SMILES string of the molecule is CCCCOCCOCCOCC(=O)OCC. The van der Waals surface area contributed by atoms with Crippen LogP contribution in [0.3, 0.4) is 0 Å². The summed E-state index contributed by atoms with van der Waals surface area (Å²) >= 11 is 0. The maximum absolute atomic E-state index is 10.9. The molecule has 0 aromatic carbocycles. The maximum atomic E-state index is 10.9. The third-order valence-corrected chi connectivity index (χ3v) is 1.91. The molecular weight excluding hydrogens is 224 g/mol. The van der Waals surface area contributed by atoms with E-state index in [1.54, 1.807) is 6.92 Å². The van der Waals surface area contributed by atoms with Crippen LogP contribution in [0.5, 0.6) is 0 Å². The van der Waals surface area contributed by atoms with Crippen molar-refractivity contribution in [3.8, 4) is 0 Å². The molecule has 0 aliphatic carbocycles. The largest absolute Gasteiger partial charge is 0.464 e. The fourth-order valence-corrected chi connectivity index (χ4v) is 1.04. The van der Waals surface area contributed by atoms with Crippen molar-refractivity contribution in [2.24, 2.45) is 0 Å². The van der Waals surface area contributed by atoms with E-state index in [0.717, 1.165) is 19.4 Å². The molecule has 0 saturated heterocycles. The lowest BCUT2D eigenvalue weighted by molar-refractivity contribution is -0.148. The standard InChI is InChI=1S/C12H24O5/c1-3-5-6-14-7-8-15-9-10-16-11-12(13)17-4-2/h3-11H2,1-2H3. The number of ether oxygens (including phenoxy) is 4. The minimum absolute atomic E-state index is 0.00972. The summed E-state index contributed by atoms with van der Waals surface area (Å²) < 4.78 is 20.3. The highest BCUT2D eigenvalue weighted by atomic mass is 16.6. The Morgan fingerprint density at radius 1 is 0.882 bits per heavy atom. The third-order valence-electron chi connectivity index (χ3n) is 1.91. The van der Waals surface area contributed by atoms with Crippen LogP contribution in [0.2, 0.25) is 0 Å². The van der Waals surface area contributed by atoms with Crippen molar-refractivity contribution in [2.45, 2.75) is 26.7 Å². The molecule has 5 nitrogen and oxygen atoms in total. The maximum Gasteiger partial charge on any atom is 0.332 e. The molecule has 0 radical (unpaired) electrons. The van der Waals surface area contributed by atoms with E-state index >= 15 is 0 Å². The minimum atomic E-state index is -0.338. The lowest BCUT2D eigenvalue weighted by Crippen LogP contribution is -2.15. The van der Waals surface area contributed by atoms with Gasteiger partial charge in [-0.1, -0.05) is 13.3 Å². The summed E-state index contributed by atoms with van der Waals surface area (Å²) in [5.41, 5.74) is 0. The van der Waals surface area contributed by atoms with Gasteiger partial charge in [0.15, 0.2) is 0 Å². The molecule has 0 bridgehead atoms. The van der Waals surface area contributed by atoms with Crippen molar-refractivity contribution in [1.29, 1.82) is 0 Å². The Kier molecular flexibility index (Phi) is 12.9. The second-order valence-corrected chi connectivity index (χ2v) is 3.44. The monoisotopic (exact) mass is 248 g/mol. The van der Waals surface area contributed by atoms with Gasteiger partial charge in [0.2, 0.25) is 0 Å². The molecule has 0 spiro atoms. The third kappa shape index (κ3) is 13.3. The lowest BCUT2D eigenvalue weighted by Gasteiger charge is -2.06. The summed E-state index contributed by atoms with van der Waals surface area (Å²) in [6.07, 6.45) is 2.23. The average molecular weight is 248 g/mol. The molecule has 0 unspecified atom stereocenters. The fourth-order valence-electron chi connectivity index (χ4n) is 1.04. The van der Waals surface area contributed by atoms with Gasteiger partial charge in [-0.3, -0.25) is 0 Å². The first kappa shape index (κ1) is 16.4. The summed E-state index contributed by atoms with van der Waals surface area (Å²) in [7, 11) is 0. The van der Waals surface area contributed by atoms with E-state index in [1.165, 1.54) is 0 Å². The van der Waals surface area contributed by atoms with E-state index in [2.05, 4.69) is 6.92 Å². The van der Waals surface area contributed by atoms with E-state index in [0.29, 0.717) is 33.0 Å². The predicted octanol–water partition coefficient (Wildman–Crippen LogP) is 1.40. The first-order valence-corrected chi connectivity index (χ1v) is 6.20. The zero-order valence-corrected chi connectivity index (χ0v) is 10.9. The van der Waals surface area contributed by atoms with Crippen LogP contribution in [0.4, 0.5) is 0 Å². The number of carbonyl (C=O) groups is 1. The Bertz CT molecular complexity index is 172. The van der Waals surface area contributed by atoms with Crippen LogP contribution >= 0.6 is 0 Å². The highest BCUT2D eigenvalue weighted by Crippen LogP contribution is 1.88. The normalized spacial score (nSPS) is 10.5. The molecule has 0 atom stereocenters. The van der Waals surface area contributed by atoms with E-state index < -0.39 is 0 Å². The van der Waals surface area contributed by atoms with Crippen molar-refractivity contribution in [1.82, 2.24) is 0 Å². The molecule has 17 heavy (non-hydrogen) atoms. The molecular formula is C12H24O5. The number of rotatable bonds is 12. The second-order valence-electron chi connectivity index (χ2n) is 3.44. The van der Waals surface area contributed by atoms with Gasteiger partial charge in [0.1, 0.15) is 6.61 Å². The highest BCUT2D eigenvalue weighted by molar-refractivity contribution is 5.70. The summed E-state index contributed by atoms with van der Waals surface area (Å²) in [4.78, 5) is 10.9. The molecule has 0 heterocycles. The molecule has 0 aromatic heterocycles. The smallest absolute Gasteiger partial charge is 0.332 e. The number of carbonyl (C=O) groups excluding carboxylic acids is 1. The molecule has 0 rings (SSSR count). The van der Waals surface area contributed by atoms with Crippen molar-refractivity contribution in [3.63, 3.8) is 0 Å². The van der Waals surface area contributed by atoms with E-state index in [4.69, 9.17) is 18.9 Å². The van der Waals surface area contributed by atoms with E-state index in [1.807, 2.05) is 0 Å². The van der Waals surface area contributed by atoms with Gasteiger partial charge in [0.25, 0.3) is 0 Å². The Morgan fingerprint density at radius 3 is 2.06 bits per heavy atom. The van der Waals surface area contributed by atoms with Gasteiger partial charge in [0, 0.05) is 6.61 Å². The van der Waals surface area contributed by atoms with Gasteiger partial charge in [0.05, 0.1) is 33.0 Å². The number of hydrogen-bond acceptors (Lipinski definition) is 5. The molecule has 0 amide bonds. The van der Waals surface area contributed by atoms with Gasteiger partial charge in [-0.25, -0.2) is 4.79 Å². The molecule has 5 heteroatoms. The summed E-state index contributed by atoms with van der Waals surface area (Å²) in [5.74, 6) is -0.338. The topological polar surface area (TPSA) is 54.0 Å². The predicted molar refractivity (Wildman–Crippen MR) is 64.0 cm³/mol. The van der Waals surface area contributed by atoms with E-state index in [9.17, 15) is 4.79 Å². The average Bonchev–Trinajstić information content (AvgIpc) is 2.32. The molecule has 0 aliphatic rings. The first-order chi connectivity index (χ1) is 8.31. The molecule has 0 fully saturated rings. The summed E-state index contributed by atoms with van der Waals surface area (Å²) in [6.45, 7) is 7.09. The molecule has 0 N–H and O–H groups in total. The van der Waals surface area contributed by atoms with Gasteiger partial charge in [-0.2, -0.15) is 0 Å². The van der Waals surface area contributed by atoms with Crippen LogP contribution in [0, 0.1) is 0 Å². The van der Waals surface area contributed by atoms with Crippen molar-refractivity contribution >= 4 is 5.97 Å². The zero-order chi connectivity index (χ0) is 12.8. The zero-order valence-electron chi connectivity index (χ0n) is 10.9. The number of esters is 1. The Labute approximate surface area is 103 Å². The summed E-state index contributed by atoms with van der Waals surface area (Å²) in [5, 5.41) is 0. The number of unbranched alkanes of at least 4 members (excludes halogenated alkanes) is 1. The second kappa shape index (κ2) is 13.4. The molecule has 102 valence electrons. The van der Waals surface area contributed by atoms with Crippen molar-refractivity contribution < 1.29 is 23.7 Å². The number of hydrogen-bond donors (Lipinski definition) is 0. The Hall–Kier alpha value is -0.650. The van der Waals surface area contributed by atoms with Crippen molar-refractivity contribution in [2.75, 3.05) is 46.2 Å². The Balaban J connectivity index is 3.01. The fraction of sp³-hybridized carbons (Fsp3) is 0.917. The lowest BCUT2D eigenvalue weighted by atomic mass is 10.4. The van der Waals surface area contributed by atoms with Crippen LogP contribution in [-0.2, 0) is 23.7 Å². The van der Waals surface area contributed by atoms with Crippen LogP contribution < -0.4 is 0 Å². The summed E-state index contributed by atoms with van der Waals surface area (Å²) in [6, 6.07) is 0. The Morgan fingerprint density at radius 2 is 1.47 bits per heavy atom.